The third-order valence-corrected chi connectivity index (χ3v) is 4.68. The van der Waals surface area contributed by atoms with E-state index in [1.807, 2.05) is 54.6 Å². The van der Waals surface area contributed by atoms with Gasteiger partial charge in [0.05, 0.1) is 13.7 Å². The van der Waals surface area contributed by atoms with Gasteiger partial charge in [-0.25, -0.2) is 0 Å². The van der Waals surface area contributed by atoms with Crippen LogP contribution in [0.25, 0.3) is 11.1 Å². The van der Waals surface area contributed by atoms with Gasteiger partial charge in [0.1, 0.15) is 18.1 Å². The van der Waals surface area contributed by atoms with Crippen molar-refractivity contribution in [1.29, 1.82) is 0 Å². The highest BCUT2D eigenvalue weighted by Crippen LogP contribution is 2.36. The number of ether oxygens (including phenoxy) is 2. The molecule has 0 saturated carbocycles. The second-order valence-electron chi connectivity index (χ2n) is 6.87. The summed E-state index contributed by atoms with van der Waals surface area (Å²) in [6.45, 7) is 4.77. The summed E-state index contributed by atoms with van der Waals surface area (Å²) in [5, 5.41) is 9.94. The maximum absolute atomic E-state index is 9.94. The lowest BCUT2D eigenvalue weighted by molar-refractivity contribution is 0.278. The molecule has 0 aliphatic carbocycles. The van der Waals surface area contributed by atoms with Crippen LogP contribution in [0.3, 0.4) is 0 Å². The molecule has 3 heteroatoms. The Morgan fingerprint density at radius 1 is 0.889 bits per heavy atom. The van der Waals surface area contributed by atoms with Crippen molar-refractivity contribution in [2.24, 2.45) is 0 Å². The monoisotopic (exact) mass is 362 g/mol. The summed E-state index contributed by atoms with van der Waals surface area (Å²) >= 11 is 0. The predicted molar refractivity (Wildman–Crippen MR) is 109 cm³/mol. The Bertz CT molecular complexity index is 885. The maximum Gasteiger partial charge on any atom is 0.126 e. The number of hydrogen-bond acceptors (Lipinski definition) is 3. The smallest absolute Gasteiger partial charge is 0.126 e. The van der Waals surface area contributed by atoms with Gasteiger partial charge >= 0.3 is 0 Å². The van der Waals surface area contributed by atoms with Crippen LogP contribution in [0.15, 0.2) is 66.7 Å². The Balaban J connectivity index is 1.91. The molecule has 0 aliphatic rings. The summed E-state index contributed by atoms with van der Waals surface area (Å²) < 4.78 is 11.5. The normalized spacial score (nSPS) is 10.9. The lowest BCUT2D eigenvalue weighted by atomic mass is 9.94. The van der Waals surface area contributed by atoms with Gasteiger partial charge in [0, 0.05) is 5.56 Å². The number of methoxy groups -OCH3 is 1. The van der Waals surface area contributed by atoms with Crippen molar-refractivity contribution >= 4 is 0 Å². The Morgan fingerprint density at radius 2 is 1.67 bits per heavy atom. The standard InChI is InChI=1S/C24H26O3/c1-17(2)19-9-12-24(26-3)23(14-19)22-11-10-21(13-20(22)15-25)27-16-18-7-5-4-6-8-18/h4-14,17,25H,15-16H2,1-3H3. The van der Waals surface area contributed by atoms with Crippen molar-refractivity contribution in [1.82, 2.24) is 0 Å². The predicted octanol–water partition coefficient (Wildman–Crippen LogP) is 5.56. The zero-order valence-corrected chi connectivity index (χ0v) is 16.1. The molecule has 0 fully saturated rings. The van der Waals surface area contributed by atoms with Gasteiger partial charge in [-0.15, -0.1) is 0 Å². The second kappa shape index (κ2) is 8.74. The molecule has 0 atom stereocenters. The van der Waals surface area contributed by atoms with Crippen LogP contribution in [-0.2, 0) is 13.2 Å². The minimum Gasteiger partial charge on any atom is -0.496 e. The highest BCUT2D eigenvalue weighted by molar-refractivity contribution is 5.75. The van der Waals surface area contributed by atoms with Gasteiger partial charge in [-0.2, -0.15) is 0 Å². The number of hydrogen-bond donors (Lipinski definition) is 1. The van der Waals surface area contributed by atoms with E-state index in [1.165, 1.54) is 5.56 Å². The Morgan fingerprint density at radius 3 is 2.33 bits per heavy atom. The Hall–Kier alpha value is -2.78. The van der Waals surface area contributed by atoms with E-state index in [9.17, 15) is 5.11 Å². The number of aliphatic hydroxyl groups excluding tert-OH is 1. The lowest BCUT2D eigenvalue weighted by Crippen LogP contribution is -1.99. The SMILES string of the molecule is COc1ccc(C(C)C)cc1-c1ccc(OCc2ccccc2)cc1CO. The summed E-state index contributed by atoms with van der Waals surface area (Å²) in [7, 11) is 1.67. The molecule has 3 aromatic rings. The van der Waals surface area contributed by atoms with E-state index in [0.29, 0.717) is 12.5 Å². The fraction of sp³-hybridized carbons (Fsp3) is 0.250. The largest absolute Gasteiger partial charge is 0.496 e. The minimum atomic E-state index is -0.0626. The van der Waals surface area contributed by atoms with Gasteiger partial charge in [0.2, 0.25) is 0 Å². The summed E-state index contributed by atoms with van der Waals surface area (Å²) in [6.07, 6.45) is 0. The average molecular weight is 362 g/mol. The summed E-state index contributed by atoms with van der Waals surface area (Å²) in [4.78, 5) is 0. The Labute approximate surface area is 161 Å². The molecule has 0 aromatic heterocycles. The van der Waals surface area contributed by atoms with Crippen LogP contribution < -0.4 is 9.47 Å². The third kappa shape index (κ3) is 4.50. The molecular formula is C24H26O3. The first-order valence-corrected chi connectivity index (χ1v) is 9.21. The lowest BCUT2D eigenvalue weighted by Gasteiger charge is -2.16. The Kier molecular flexibility index (Phi) is 6.15. The third-order valence-electron chi connectivity index (χ3n) is 4.68. The average Bonchev–Trinajstić information content (AvgIpc) is 2.72. The molecule has 3 nitrogen and oxygen atoms in total. The van der Waals surface area contributed by atoms with E-state index in [2.05, 4.69) is 26.0 Å². The van der Waals surface area contributed by atoms with Gasteiger partial charge < -0.3 is 14.6 Å². The molecule has 0 spiro atoms. The molecule has 3 aromatic carbocycles. The quantitative estimate of drug-likeness (QED) is 0.598. The van der Waals surface area contributed by atoms with E-state index >= 15 is 0 Å². The van der Waals surface area contributed by atoms with E-state index in [4.69, 9.17) is 9.47 Å². The summed E-state index contributed by atoms with van der Waals surface area (Å²) in [5.41, 5.74) is 5.11. The second-order valence-corrected chi connectivity index (χ2v) is 6.87. The molecule has 0 bridgehead atoms. The molecule has 0 aliphatic heterocycles. The zero-order valence-electron chi connectivity index (χ0n) is 16.1. The van der Waals surface area contributed by atoms with Gasteiger partial charge in [-0.05, 0) is 52.4 Å². The first-order chi connectivity index (χ1) is 13.1. The van der Waals surface area contributed by atoms with Gasteiger partial charge in [0.15, 0.2) is 0 Å². The topological polar surface area (TPSA) is 38.7 Å². The number of rotatable bonds is 7. The molecule has 0 heterocycles. The first kappa shape index (κ1) is 19.0. The van der Waals surface area contributed by atoms with Crippen molar-refractivity contribution in [3.8, 4) is 22.6 Å². The van der Waals surface area contributed by atoms with Crippen molar-refractivity contribution in [2.75, 3.05) is 7.11 Å². The number of benzene rings is 3. The van der Waals surface area contributed by atoms with Gasteiger partial charge in [-0.3, -0.25) is 0 Å². The van der Waals surface area contributed by atoms with Crippen molar-refractivity contribution in [3.63, 3.8) is 0 Å². The van der Waals surface area contributed by atoms with Crippen molar-refractivity contribution < 1.29 is 14.6 Å². The van der Waals surface area contributed by atoms with Crippen LogP contribution in [0.5, 0.6) is 11.5 Å². The van der Waals surface area contributed by atoms with Crippen LogP contribution in [0.2, 0.25) is 0 Å². The number of aliphatic hydroxyl groups is 1. The van der Waals surface area contributed by atoms with Crippen molar-refractivity contribution in [3.05, 3.63) is 83.4 Å². The molecule has 1 N–H and O–H groups in total. The first-order valence-electron chi connectivity index (χ1n) is 9.21. The molecule has 3 rings (SSSR count). The van der Waals surface area contributed by atoms with E-state index in [-0.39, 0.29) is 6.61 Å². The van der Waals surface area contributed by atoms with Crippen LogP contribution in [-0.4, -0.2) is 12.2 Å². The van der Waals surface area contributed by atoms with Gasteiger partial charge in [-0.1, -0.05) is 56.3 Å². The molecule has 0 radical (unpaired) electrons. The van der Waals surface area contributed by atoms with E-state index in [1.54, 1.807) is 7.11 Å². The summed E-state index contributed by atoms with van der Waals surface area (Å²) in [5.74, 6) is 1.96. The van der Waals surface area contributed by atoms with Crippen LogP contribution in [0.4, 0.5) is 0 Å². The van der Waals surface area contributed by atoms with Crippen LogP contribution in [0, 0.1) is 0 Å². The summed E-state index contributed by atoms with van der Waals surface area (Å²) in [6, 6.07) is 22.1. The highest BCUT2D eigenvalue weighted by atomic mass is 16.5. The fourth-order valence-electron chi connectivity index (χ4n) is 3.09. The zero-order chi connectivity index (χ0) is 19.2. The van der Waals surface area contributed by atoms with Crippen LogP contribution >= 0.6 is 0 Å². The molecule has 0 saturated heterocycles. The maximum atomic E-state index is 9.94. The molecule has 140 valence electrons. The molecule has 27 heavy (non-hydrogen) atoms. The van der Waals surface area contributed by atoms with E-state index < -0.39 is 0 Å². The van der Waals surface area contributed by atoms with Gasteiger partial charge in [0.25, 0.3) is 0 Å². The minimum absolute atomic E-state index is 0.0626. The van der Waals surface area contributed by atoms with Crippen molar-refractivity contribution in [2.45, 2.75) is 33.0 Å². The molecule has 0 unspecified atom stereocenters. The fourth-order valence-corrected chi connectivity index (χ4v) is 3.09. The molecular weight excluding hydrogens is 336 g/mol. The van der Waals surface area contributed by atoms with E-state index in [0.717, 1.165) is 33.8 Å². The van der Waals surface area contributed by atoms with Crippen LogP contribution in [0.1, 0.15) is 36.5 Å². The highest BCUT2D eigenvalue weighted by Gasteiger charge is 2.13. The molecule has 0 amide bonds.